The molecule has 4 heteroatoms. The number of thioether (sulfide) groups is 2. The van der Waals surface area contributed by atoms with Crippen molar-refractivity contribution in [2.24, 2.45) is 0 Å². The average Bonchev–Trinajstić information content (AvgIpc) is 3.10. The van der Waals surface area contributed by atoms with Gasteiger partial charge in [-0.2, -0.15) is 23.5 Å². The lowest BCUT2D eigenvalue weighted by Crippen LogP contribution is -2.16. The van der Waals surface area contributed by atoms with Crippen LogP contribution < -0.4 is 0 Å². The highest BCUT2D eigenvalue weighted by atomic mass is 32.2. The van der Waals surface area contributed by atoms with Gasteiger partial charge in [0.1, 0.15) is 0 Å². The Labute approximate surface area is 159 Å². The minimum atomic E-state index is 0.728. The lowest BCUT2D eigenvalue weighted by Gasteiger charge is -2.17. The Bertz CT molecular complexity index is 355. The third kappa shape index (κ3) is 12.3. The fourth-order valence-electron chi connectivity index (χ4n) is 2.76. The Hall–Kier alpha value is -0.0900. The van der Waals surface area contributed by atoms with Crippen LogP contribution in [0.25, 0.3) is 0 Å². The van der Waals surface area contributed by atoms with E-state index in [-0.39, 0.29) is 0 Å². The van der Waals surface area contributed by atoms with Crippen LogP contribution >= 0.6 is 23.5 Å². The fourth-order valence-corrected chi connectivity index (χ4v) is 5.36. The maximum absolute atomic E-state index is 4.19. The van der Waals surface area contributed by atoms with Crippen LogP contribution in [0.2, 0.25) is 0 Å². The number of nitrogens with zero attached hydrogens (tertiary/aromatic N) is 2. The highest BCUT2D eigenvalue weighted by molar-refractivity contribution is 8.03. The van der Waals surface area contributed by atoms with Crippen LogP contribution in [0.1, 0.15) is 78.1 Å². The van der Waals surface area contributed by atoms with Crippen molar-refractivity contribution in [1.82, 2.24) is 9.55 Å². The highest BCUT2D eigenvalue weighted by Gasteiger charge is 2.10. The Kier molecular flexibility index (Phi) is 15.0. The molecule has 0 N–H and O–H groups in total. The van der Waals surface area contributed by atoms with Crippen molar-refractivity contribution in [1.29, 1.82) is 0 Å². The van der Waals surface area contributed by atoms with Crippen molar-refractivity contribution in [3.8, 4) is 0 Å². The van der Waals surface area contributed by atoms with E-state index in [4.69, 9.17) is 0 Å². The molecule has 0 saturated carbocycles. The summed E-state index contributed by atoms with van der Waals surface area (Å²) in [5.74, 6) is 3.94. The van der Waals surface area contributed by atoms with Crippen molar-refractivity contribution in [3.05, 3.63) is 18.7 Å². The molecule has 0 radical (unpaired) electrons. The summed E-state index contributed by atoms with van der Waals surface area (Å²) in [6.07, 6.45) is 19.9. The van der Waals surface area contributed by atoms with Gasteiger partial charge >= 0.3 is 0 Å². The van der Waals surface area contributed by atoms with Crippen molar-refractivity contribution < 1.29 is 0 Å². The quantitative estimate of drug-likeness (QED) is 0.286. The molecule has 0 aliphatic rings. The van der Waals surface area contributed by atoms with E-state index in [1.165, 1.54) is 81.5 Å². The zero-order valence-corrected chi connectivity index (χ0v) is 17.6. The Morgan fingerprint density at radius 3 is 2.17 bits per heavy atom. The molecule has 1 atom stereocenters. The summed E-state index contributed by atoms with van der Waals surface area (Å²) in [6.45, 7) is 5.69. The van der Waals surface area contributed by atoms with Gasteiger partial charge in [-0.3, -0.25) is 0 Å². The number of rotatable bonds is 17. The monoisotopic (exact) mass is 370 g/mol. The minimum Gasteiger partial charge on any atom is -0.336 e. The molecule has 0 aliphatic carbocycles. The predicted octanol–water partition coefficient (Wildman–Crippen LogP) is 6.66. The van der Waals surface area contributed by atoms with E-state index in [9.17, 15) is 0 Å². The van der Waals surface area contributed by atoms with Crippen LogP contribution in [0.5, 0.6) is 0 Å². The van der Waals surface area contributed by atoms with E-state index in [1.807, 2.05) is 12.5 Å². The first kappa shape index (κ1) is 22.0. The van der Waals surface area contributed by atoms with Gasteiger partial charge in [0, 0.05) is 29.9 Å². The molecule has 0 amide bonds. The second-order valence-electron chi connectivity index (χ2n) is 6.66. The summed E-state index contributed by atoms with van der Waals surface area (Å²) in [5.41, 5.74) is 0. The summed E-state index contributed by atoms with van der Waals surface area (Å²) in [7, 11) is 0. The third-order valence-corrected chi connectivity index (χ3v) is 7.01. The zero-order chi connectivity index (χ0) is 17.3. The van der Waals surface area contributed by atoms with E-state index in [0.717, 1.165) is 11.8 Å². The number of hydrogen-bond acceptors (Lipinski definition) is 3. The molecule has 1 aromatic rings. The van der Waals surface area contributed by atoms with Crippen LogP contribution in [-0.4, -0.2) is 32.1 Å². The summed E-state index contributed by atoms with van der Waals surface area (Å²) in [6, 6.07) is 0. The third-order valence-electron chi connectivity index (χ3n) is 4.27. The van der Waals surface area contributed by atoms with Gasteiger partial charge in [-0.1, -0.05) is 65.2 Å². The highest BCUT2D eigenvalue weighted by Crippen LogP contribution is 2.21. The first-order valence-corrected chi connectivity index (χ1v) is 12.2. The number of hydrogen-bond donors (Lipinski definition) is 0. The van der Waals surface area contributed by atoms with Gasteiger partial charge < -0.3 is 4.57 Å². The van der Waals surface area contributed by atoms with E-state index in [1.54, 1.807) is 0 Å². The van der Waals surface area contributed by atoms with Crippen molar-refractivity contribution in [3.63, 3.8) is 0 Å². The number of imidazole rings is 1. The average molecular weight is 371 g/mol. The number of aromatic nitrogens is 2. The topological polar surface area (TPSA) is 17.8 Å². The molecular weight excluding hydrogens is 332 g/mol. The van der Waals surface area contributed by atoms with Crippen LogP contribution in [0, 0.1) is 0 Å². The summed E-state index contributed by atoms with van der Waals surface area (Å²) in [4.78, 5) is 4.19. The maximum Gasteiger partial charge on any atom is 0.0946 e. The summed E-state index contributed by atoms with van der Waals surface area (Å²) < 4.78 is 2.25. The molecule has 0 aromatic carbocycles. The molecule has 0 spiro atoms. The molecule has 1 heterocycles. The van der Waals surface area contributed by atoms with E-state index in [2.05, 4.69) is 53.1 Å². The molecule has 0 bridgehead atoms. The van der Waals surface area contributed by atoms with Crippen LogP contribution in [0.15, 0.2) is 18.7 Å². The van der Waals surface area contributed by atoms with Crippen LogP contribution in [0.3, 0.4) is 0 Å². The summed E-state index contributed by atoms with van der Waals surface area (Å²) >= 11 is 4.34. The van der Waals surface area contributed by atoms with Gasteiger partial charge in [-0.15, -0.1) is 0 Å². The van der Waals surface area contributed by atoms with Crippen molar-refractivity contribution >= 4 is 23.5 Å². The van der Waals surface area contributed by atoms with Gasteiger partial charge in [0.05, 0.1) is 6.33 Å². The van der Waals surface area contributed by atoms with Crippen molar-refractivity contribution in [2.45, 2.75) is 89.9 Å². The van der Waals surface area contributed by atoms with Crippen molar-refractivity contribution in [2.75, 3.05) is 17.3 Å². The molecule has 1 unspecified atom stereocenters. The first-order chi connectivity index (χ1) is 11.9. The molecule has 2 nitrogen and oxygen atoms in total. The SMILES string of the molecule is CCCCCCCSCC(Cn1ccnc1)SCCCCCCC. The molecule has 0 fully saturated rings. The Morgan fingerprint density at radius 1 is 0.875 bits per heavy atom. The van der Waals surface area contributed by atoms with E-state index >= 15 is 0 Å². The second kappa shape index (κ2) is 16.4. The second-order valence-corrected chi connectivity index (χ2v) is 9.21. The molecule has 0 saturated heterocycles. The largest absolute Gasteiger partial charge is 0.336 e. The predicted molar refractivity (Wildman–Crippen MR) is 113 cm³/mol. The van der Waals surface area contributed by atoms with E-state index in [0.29, 0.717) is 0 Å². The van der Waals surface area contributed by atoms with Gasteiger partial charge in [0.15, 0.2) is 0 Å². The normalized spacial score (nSPS) is 12.6. The van der Waals surface area contributed by atoms with Gasteiger partial charge in [-0.05, 0) is 24.3 Å². The van der Waals surface area contributed by atoms with Gasteiger partial charge in [0.2, 0.25) is 0 Å². The lowest BCUT2D eigenvalue weighted by atomic mass is 10.2. The molecule has 140 valence electrons. The number of unbranched alkanes of at least 4 members (excludes halogenated alkanes) is 8. The Morgan fingerprint density at radius 2 is 1.54 bits per heavy atom. The lowest BCUT2D eigenvalue weighted by molar-refractivity contribution is 0.656. The first-order valence-electron chi connectivity index (χ1n) is 10.0. The molecule has 1 rings (SSSR count). The van der Waals surface area contributed by atoms with Gasteiger partial charge in [0.25, 0.3) is 0 Å². The molecular formula is C20H38N2S2. The molecule has 24 heavy (non-hydrogen) atoms. The van der Waals surface area contributed by atoms with Crippen LogP contribution in [-0.2, 0) is 6.54 Å². The minimum absolute atomic E-state index is 0.728. The Balaban J connectivity index is 2.15. The molecule has 1 aromatic heterocycles. The standard InChI is InChI=1S/C20H38N2S2/c1-3-5-7-9-11-15-23-18-20(17-22-14-13-21-19-22)24-16-12-10-8-6-4-2/h13-14,19-20H,3-12,15-18H2,1-2H3. The zero-order valence-electron chi connectivity index (χ0n) is 15.9. The maximum atomic E-state index is 4.19. The van der Waals surface area contributed by atoms with E-state index < -0.39 is 0 Å². The van der Waals surface area contributed by atoms with Gasteiger partial charge in [-0.25, -0.2) is 4.98 Å². The summed E-state index contributed by atoms with van der Waals surface area (Å²) in [5, 5.41) is 0.728. The van der Waals surface area contributed by atoms with Crippen LogP contribution in [0.4, 0.5) is 0 Å². The fraction of sp³-hybridized carbons (Fsp3) is 0.850. The smallest absolute Gasteiger partial charge is 0.0946 e. The molecule has 0 aliphatic heterocycles.